The first kappa shape index (κ1) is 16.0. The molecule has 0 aliphatic carbocycles. The molecule has 23 heavy (non-hydrogen) atoms. The summed E-state index contributed by atoms with van der Waals surface area (Å²) < 4.78 is 5.36. The number of carbonyl (C=O) groups is 1. The van der Waals surface area contributed by atoms with E-state index in [4.69, 9.17) is 4.74 Å². The molecule has 0 saturated carbocycles. The molecule has 1 aliphatic heterocycles. The quantitative estimate of drug-likeness (QED) is 0.830. The second-order valence-electron chi connectivity index (χ2n) is 5.71. The number of hydrogen-bond donors (Lipinski definition) is 1. The van der Waals surface area contributed by atoms with E-state index in [1.54, 1.807) is 12.1 Å². The normalized spacial score (nSPS) is 14.2. The minimum absolute atomic E-state index is 0.130. The summed E-state index contributed by atoms with van der Waals surface area (Å²) in [7, 11) is 2.11. The third-order valence-corrected chi connectivity index (χ3v) is 4.21. The van der Waals surface area contributed by atoms with Crippen LogP contribution in [0.25, 0.3) is 0 Å². The molecule has 0 spiro atoms. The fourth-order valence-corrected chi connectivity index (χ4v) is 3.03. The maximum atomic E-state index is 12.4. The Labute approximate surface area is 144 Å². The summed E-state index contributed by atoms with van der Waals surface area (Å²) in [5.41, 5.74) is 4.46. The second-order valence-corrected chi connectivity index (χ2v) is 6.16. The number of nitrogens with one attached hydrogen (secondary N) is 1. The largest absolute Gasteiger partial charge is 0.482 e. The third kappa shape index (κ3) is 3.92. The molecule has 2 aromatic carbocycles. The number of fused-ring (bicyclic) bond motifs is 1. The zero-order chi connectivity index (χ0) is 16.2. The molecule has 1 amide bonds. The van der Waals surface area contributed by atoms with Crippen LogP contribution in [0.2, 0.25) is 0 Å². The molecule has 2 aromatic rings. The predicted molar refractivity (Wildman–Crippen MR) is 95.3 cm³/mol. The second kappa shape index (κ2) is 7.15. The van der Waals surface area contributed by atoms with Crippen molar-refractivity contribution in [2.45, 2.75) is 13.0 Å². The number of likely N-dealkylation sites (N-methyl/N-ethyl adjacent to an activating group) is 1. The Morgan fingerprint density at radius 2 is 2.13 bits per heavy atom. The Morgan fingerprint density at radius 3 is 2.96 bits per heavy atom. The van der Waals surface area contributed by atoms with Crippen molar-refractivity contribution in [2.24, 2.45) is 0 Å². The highest BCUT2D eigenvalue weighted by atomic mass is 79.9. The van der Waals surface area contributed by atoms with Gasteiger partial charge < -0.3 is 15.0 Å². The van der Waals surface area contributed by atoms with E-state index < -0.39 is 0 Å². The Kier molecular flexibility index (Phi) is 4.98. The number of carbonyl (C=O) groups excluding carboxylic acids is 1. The minimum atomic E-state index is -0.130. The molecule has 0 aromatic heterocycles. The van der Waals surface area contributed by atoms with Gasteiger partial charge in [0, 0.05) is 24.3 Å². The van der Waals surface area contributed by atoms with Crippen molar-refractivity contribution in [2.75, 3.05) is 24.4 Å². The summed E-state index contributed by atoms with van der Waals surface area (Å²) in [6.07, 6.45) is 1.06. The van der Waals surface area contributed by atoms with Gasteiger partial charge in [0.2, 0.25) is 0 Å². The van der Waals surface area contributed by atoms with E-state index in [0.29, 0.717) is 16.8 Å². The maximum Gasteiger partial charge on any atom is 0.255 e. The molecule has 120 valence electrons. The van der Waals surface area contributed by atoms with Crippen LogP contribution < -0.4 is 10.1 Å². The maximum absolute atomic E-state index is 12.4. The fraction of sp³-hybridized carbons (Fsp3) is 0.278. The van der Waals surface area contributed by atoms with E-state index >= 15 is 0 Å². The van der Waals surface area contributed by atoms with E-state index in [-0.39, 0.29) is 5.91 Å². The monoisotopic (exact) mass is 374 g/mol. The summed E-state index contributed by atoms with van der Waals surface area (Å²) in [6.45, 7) is 2.01. The third-order valence-electron chi connectivity index (χ3n) is 3.98. The van der Waals surface area contributed by atoms with Crippen LogP contribution >= 0.6 is 15.9 Å². The van der Waals surface area contributed by atoms with Crippen molar-refractivity contribution < 1.29 is 9.53 Å². The summed E-state index contributed by atoms with van der Waals surface area (Å²) in [6, 6.07) is 13.3. The van der Waals surface area contributed by atoms with E-state index in [0.717, 1.165) is 25.2 Å². The Balaban J connectivity index is 1.75. The van der Waals surface area contributed by atoms with Gasteiger partial charge in [-0.05, 0) is 70.9 Å². The smallest absolute Gasteiger partial charge is 0.255 e. The molecular formula is C18H19BrN2O2. The number of ether oxygens (including phenoxy) is 1. The number of nitrogens with zero attached hydrogens (tertiary/aromatic N) is 1. The summed E-state index contributed by atoms with van der Waals surface area (Å²) in [5.74, 6) is 0.538. The first-order chi connectivity index (χ1) is 11.2. The van der Waals surface area contributed by atoms with Gasteiger partial charge in [-0.1, -0.05) is 12.1 Å². The van der Waals surface area contributed by atoms with Gasteiger partial charge in [-0.2, -0.15) is 0 Å². The highest BCUT2D eigenvalue weighted by Crippen LogP contribution is 2.22. The van der Waals surface area contributed by atoms with Gasteiger partial charge >= 0.3 is 0 Å². The molecule has 0 saturated heterocycles. The van der Waals surface area contributed by atoms with E-state index in [1.165, 1.54) is 11.1 Å². The molecule has 1 N–H and O–H groups in total. The topological polar surface area (TPSA) is 41.6 Å². The molecule has 1 aliphatic rings. The number of rotatable bonds is 4. The zero-order valence-corrected chi connectivity index (χ0v) is 14.6. The van der Waals surface area contributed by atoms with Crippen molar-refractivity contribution in [3.8, 4) is 5.75 Å². The highest BCUT2D eigenvalue weighted by molar-refractivity contribution is 9.09. The number of hydrogen-bond acceptors (Lipinski definition) is 3. The average molecular weight is 375 g/mol. The fourth-order valence-electron chi connectivity index (χ4n) is 2.77. The van der Waals surface area contributed by atoms with E-state index in [2.05, 4.69) is 45.3 Å². The molecule has 1 heterocycles. The van der Waals surface area contributed by atoms with Gasteiger partial charge in [0.15, 0.2) is 0 Å². The molecule has 0 bridgehead atoms. The number of halogens is 1. The van der Waals surface area contributed by atoms with Crippen molar-refractivity contribution in [3.63, 3.8) is 0 Å². The summed E-state index contributed by atoms with van der Waals surface area (Å²) in [5, 5.41) is 2.97. The molecule has 0 atom stereocenters. The van der Waals surface area contributed by atoms with Crippen LogP contribution in [0, 0.1) is 0 Å². The molecule has 3 rings (SSSR count). The van der Waals surface area contributed by atoms with Crippen LogP contribution in [-0.2, 0) is 13.0 Å². The standard InChI is InChI=1S/C18H19BrN2O2/c1-21-8-7-13-5-6-16(9-15(13)11-21)20-18(22)14-3-2-4-17(10-14)23-12-19/h2-6,9-10H,7-8,11-12H2,1H3,(H,20,22). The summed E-state index contributed by atoms with van der Waals surface area (Å²) in [4.78, 5) is 14.7. The Bertz CT molecular complexity index is 718. The summed E-state index contributed by atoms with van der Waals surface area (Å²) >= 11 is 3.21. The van der Waals surface area contributed by atoms with Gasteiger partial charge in [-0.3, -0.25) is 4.79 Å². The van der Waals surface area contributed by atoms with Crippen molar-refractivity contribution in [3.05, 3.63) is 59.2 Å². The van der Waals surface area contributed by atoms with Crippen molar-refractivity contribution in [1.82, 2.24) is 4.90 Å². The lowest BCUT2D eigenvalue weighted by molar-refractivity contribution is 0.102. The van der Waals surface area contributed by atoms with Crippen molar-refractivity contribution >= 4 is 27.5 Å². The van der Waals surface area contributed by atoms with Gasteiger partial charge in [0.05, 0.1) is 0 Å². The molecule has 5 heteroatoms. The zero-order valence-electron chi connectivity index (χ0n) is 13.0. The van der Waals surface area contributed by atoms with E-state index in [1.807, 2.05) is 18.2 Å². The Hall–Kier alpha value is -1.85. The molecule has 4 nitrogen and oxygen atoms in total. The number of alkyl halides is 1. The number of amides is 1. The first-order valence-corrected chi connectivity index (χ1v) is 8.68. The van der Waals surface area contributed by atoms with Crippen LogP contribution in [0.15, 0.2) is 42.5 Å². The lowest BCUT2D eigenvalue weighted by Gasteiger charge is -2.25. The number of benzene rings is 2. The molecule has 0 radical (unpaired) electrons. The molecular weight excluding hydrogens is 356 g/mol. The molecule has 0 fully saturated rings. The lowest BCUT2D eigenvalue weighted by atomic mass is 9.99. The van der Waals surface area contributed by atoms with Crippen LogP contribution in [0.4, 0.5) is 5.69 Å². The van der Waals surface area contributed by atoms with Crippen molar-refractivity contribution in [1.29, 1.82) is 0 Å². The van der Waals surface area contributed by atoms with Crippen LogP contribution in [-0.4, -0.2) is 29.9 Å². The lowest BCUT2D eigenvalue weighted by Crippen LogP contribution is -2.26. The molecule has 0 unspecified atom stereocenters. The predicted octanol–water partition coefficient (Wildman–Crippen LogP) is 3.66. The average Bonchev–Trinajstić information content (AvgIpc) is 2.55. The van der Waals surface area contributed by atoms with E-state index in [9.17, 15) is 4.79 Å². The van der Waals surface area contributed by atoms with Gasteiger partial charge in [0.25, 0.3) is 5.91 Å². The van der Waals surface area contributed by atoms with Crippen LogP contribution in [0.3, 0.4) is 0 Å². The van der Waals surface area contributed by atoms with Crippen LogP contribution in [0.1, 0.15) is 21.5 Å². The number of anilines is 1. The first-order valence-electron chi connectivity index (χ1n) is 7.56. The Morgan fingerprint density at radius 1 is 1.26 bits per heavy atom. The van der Waals surface area contributed by atoms with Gasteiger partial charge in [0.1, 0.15) is 11.3 Å². The highest BCUT2D eigenvalue weighted by Gasteiger charge is 2.14. The SMILES string of the molecule is CN1CCc2ccc(NC(=O)c3cccc(OCBr)c3)cc2C1. The van der Waals surface area contributed by atoms with Gasteiger partial charge in [-0.15, -0.1) is 0 Å². The van der Waals surface area contributed by atoms with Crippen LogP contribution in [0.5, 0.6) is 5.75 Å². The van der Waals surface area contributed by atoms with Gasteiger partial charge in [-0.25, -0.2) is 0 Å². The minimum Gasteiger partial charge on any atom is -0.482 e.